The molecule has 0 atom stereocenters. The zero-order valence-corrected chi connectivity index (χ0v) is 25.5. The van der Waals surface area contributed by atoms with Crippen molar-refractivity contribution in [1.82, 2.24) is 15.4 Å². The molecule has 10 heteroatoms. The zero-order chi connectivity index (χ0) is 30.4. The van der Waals surface area contributed by atoms with E-state index in [-0.39, 0.29) is 6.61 Å². The first-order chi connectivity index (χ1) is 20.6. The van der Waals surface area contributed by atoms with Crippen molar-refractivity contribution in [1.29, 1.82) is 0 Å². The Balaban J connectivity index is 1.26. The number of anilines is 3. The minimum Gasteiger partial charge on any atom is -0.489 e. The van der Waals surface area contributed by atoms with E-state index < -0.39 is 17.6 Å². The van der Waals surface area contributed by atoms with Crippen LogP contribution in [0.5, 0.6) is 5.75 Å². The molecule has 0 fully saturated rings. The Morgan fingerprint density at radius 1 is 0.884 bits per heavy atom. The predicted octanol–water partition coefficient (Wildman–Crippen LogP) is 7.80. The topological polar surface area (TPSA) is 106 Å². The molecule has 5 rings (SSSR count). The van der Waals surface area contributed by atoms with Crippen LogP contribution in [0.3, 0.4) is 0 Å². The molecule has 2 N–H and O–H groups in total. The summed E-state index contributed by atoms with van der Waals surface area (Å²) in [6, 6.07) is 29.2. The third-order valence-corrected chi connectivity index (χ3v) is 6.61. The SMILES string of the molecule is CC(C)(C)OC(=O)N(NC(=O)c1ccc(COc2ccc3ncnc(Nc4cccc(Br)c4)c3c2)cc1)c1ccccc1. The summed E-state index contributed by atoms with van der Waals surface area (Å²) in [6.07, 6.45) is 0.834. The number of rotatable bonds is 7. The molecule has 4 aromatic carbocycles. The van der Waals surface area contributed by atoms with Crippen LogP contribution >= 0.6 is 15.9 Å². The first kappa shape index (κ1) is 29.5. The number of aromatic nitrogens is 2. The lowest BCUT2D eigenvalue weighted by molar-refractivity contribution is 0.0548. The lowest BCUT2D eigenvalue weighted by Gasteiger charge is -2.27. The lowest BCUT2D eigenvalue weighted by Crippen LogP contribution is -2.48. The van der Waals surface area contributed by atoms with Gasteiger partial charge < -0.3 is 14.8 Å². The van der Waals surface area contributed by atoms with Gasteiger partial charge in [0.15, 0.2) is 0 Å². The van der Waals surface area contributed by atoms with E-state index in [1.54, 1.807) is 69.3 Å². The van der Waals surface area contributed by atoms with Crippen molar-refractivity contribution in [3.63, 3.8) is 0 Å². The van der Waals surface area contributed by atoms with Gasteiger partial charge in [-0.3, -0.25) is 10.2 Å². The molecule has 0 aliphatic heterocycles. The number of ether oxygens (including phenoxy) is 2. The highest BCUT2D eigenvalue weighted by Gasteiger charge is 2.25. The van der Waals surface area contributed by atoms with Gasteiger partial charge in [-0.15, -0.1) is 0 Å². The van der Waals surface area contributed by atoms with E-state index in [0.29, 0.717) is 22.8 Å². The number of carbonyl (C=O) groups is 2. The number of nitrogens with zero attached hydrogens (tertiary/aromatic N) is 3. The van der Waals surface area contributed by atoms with E-state index in [9.17, 15) is 9.59 Å². The van der Waals surface area contributed by atoms with Crippen molar-refractivity contribution in [3.05, 3.63) is 119 Å². The van der Waals surface area contributed by atoms with Crippen LogP contribution < -0.4 is 20.5 Å². The van der Waals surface area contributed by atoms with Gasteiger partial charge in [-0.1, -0.05) is 52.3 Å². The molecule has 1 heterocycles. The number of fused-ring (bicyclic) bond motifs is 1. The van der Waals surface area contributed by atoms with Gasteiger partial charge in [0.1, 0.15) is 30.1 Å². The Kier molecular flexibility index (Phi) is 8.87. The van der Waals surface area contributed by atoms with E-state index in [1.165, 1.54) is 6.33 Å². The first-order valence-electron chi connectivity index (χ1n) is 13.5. The number of para-hydroxylation sites is 1. The van der Waals surface area contributed by atoms with E-state index in [4.69, 9.17) is 9.47 Å². The van der Waals surface area contributed by atoms with Gasteiger partial charge in [0, 0.05) is 21.1 Å². The number of nitrogens with one attached hydrogen (secondary N) is 2. The fraction of sp³-hybridized carbons (Fsp3) is 0.152. The van der Waals surface area contributed by atoms with E-state index in [0.717, 1.165) is 31.6 Å². The summed E-state index contributed by atoms with van der Waals surface area (Å²) in [5.41, 5.74) is 5.32. The fourth-order valence-electron chi connectivity index (χ4n) is 4.11. The fourth-order valence-corrected chi connectivity index (χ4v) is 4.51. The highest BCUT2D eigenvalue weighted by atomic mass is 79.9. The standard InChI is InChI=1S/C33H30BrN5O4/c1-33(2,3)43-32(41)39(26-10-5-4-6-11-26)38-31(40)23-14-12-22(13-15-23)20-42-27-16-17-29-28(19-27)30(36-21-35-29)37-25-9-7-8-24(34)18-25/h4-19,21H,20H2,1-3H3,(H,38,40)(H,35,36,37). The number of amides is 2. The van der Waals surface area contributed by atoms with Crippen LogP contribution in [-0.2, 0) is 11.3 Å². The third kappa shape index (κ3) is 7.87. The molecule has 0 radical (unpaired) electrons. The Hall–Kier alpha value is -4.96. The summed E-state index contributed by atoms with van der Waals surface area (Å²) in [7, 11) is 0. The minimum absolute atomic E-state index is 0.281. The Morgan fingerprint density at radius 2 is 1.65 bits per heavy atom. The van der Waals surface area contributed by atoms with E-state index >= 15 is 0 Å². The summed E-state index contributed by atoms with van der Waals surface area (Å²) >= 11 is 3.49. The number of hydrogen-bond donors (Lipinski definition) is 2. The molecule has 2 amide bonds. The predicted molar refractivity (Wildman–Crippen MR) is 170 cm³/mol. The van der Waals surface area contributed by atoms with Crippen LogP contribution in [0.1, 0.15) is 36.7 Å². The average Bonchev–Trinajstić information content (AvgIpc) is 2.99. The Bertz CT molecular complexity index is 1740. The summed E-state index contributed by atoms with van der Waals surface area (Å²) in [5, 5.41) is 5.26. The molecule has 5 aromatic rings. The molecule has 0 aliphatic rings. The second-order valence-corrected chi connectivity index (χ2v) is 11.5. The van der Waals surface area contributed by atoms with Crippen LogP contribution in [-0.4, -0.2) is 27.6 Å². The van der Waals surface area contributed by atoms with Crippen LogP contribution in [0.2, 0.25) is 0 Å². The van der Waals surface area contributed by atoms with Crippen molar-refractivity contribution >= 4 is 56.0 Å². The minimum atomic E-state index is -0.730. The summed E-state index contributed by atoms with van der Waals surface area (Å²) in [6.45, 7) is 5.58. The molecule has 0 aliphatic carbocycles. The highest BCUT2D eigenvalue weighted by molar-refractivity contribution is 9.10. The second-order valence-electron chi connectivity index (χ2n) is 10.6. The zero-order valence-electron chi connectivity index (χ0n) is 23.9. The van der Waals surface area contributed by atoms with Gasteiger partial charge >= 0.3 is 6.09 Å². The molecular weight excluding hydrogens is 610 g/mol. The van der Waals surface area contributed by atoms with Crippen molar-refractivity contribution in [2.75, 3.05) is 10.3 Å². The van der Waals surface area contributed by atoms with Gasteiger partial charge in [-0.05, 0) is 87.0 Å². The summed E-state index contributed by atoms with van der Waals surface area (Å²) in [4.78, 5) is 34.7. The highest BCUT2D eigenvalue weighted by Crippen LogP contribution is 2.28. The third-order valence-electron chi connectivity index (χ3n) is 6.12. The number of hydrogen-bond acceptors (Lipinski definition) is 7. The maximum Gasteiger partial charge on any atom is 0.434 e. The van der Waals surface area contributed by atoms with Gasteiger partial charge in [0.2, 0.25) is 0 Å². The average molecular weight is 641 g/mol. The maximum absolute atomic E-state index is 13.1. The number of hydrazine groups is 1. The van der Waals surface area contributed by atoms with Gasteiger partial charge in [0.05, 0.1) is 11.2 Å². The monoisotopic (exact) mass is 639 g/mol. The van der Waals surface area contributed by atoms with Gasteiger partial charge in [0.25, 0.3) is 5.91 Å². The molecule has 0 spiro atoms. The molecule has 9 nitrogen and oxygen atoms in total. The van der Waals surface area contributed by atoms with Crippen molar-refractivity contribution in [2.45, 2.75) is 33.0 Å². The van der Waals surface area contributed by atoms with E-state index in [2.05, 4.69) is 36.6 Å². The second kappa shape index (κ2) is 12.9. The number of carbonyl (C=O) groups excluding carboxylic acids is 2. The smallest absolute Gasteiger partial charge is 0.434 e. The molecule has 0 saturated carbocycles. The summed E-state index contributed by atoms with van der Waals surface area (Å²) < 4.78 is 12.5. The lowest BCUT2D eigenvalue weighted by atomic mass is 10.1. The van der Waals surface area contributed by atoms with Gasteiger partial charge in [-0.25, -0.2) is 14.8 Å². The molecule has 43 heavy (non-hydrogen) atoms. The first-order valence-corrected chi connectivity index (χ1v) is 14.3. The normalized spacial score (nSPS) is 11.1. The Labute approximate surface area is 258 Å². The molecule has 218 valence electrons. The van der Waals surface area contributed by atoms with E-state index in [1.807, 2.05) is 48.5 Å². The molecule has 0 unspecified atom stereocenters. The number of halogens is 1. The van der Waals surface area contributed by atoms with Crippen LogP contribution in [0.4, 0.5) is 22.0 Å². The molecule has 1 aromatic heterocycles. The largest absolute Gasteiger partial charge is 0.489 e. The van der Waals surface area contributed by atoms with Crippen LogP contribution in [0, 0.1) is 0 Å². The molecule has 0 saturated heterocycles. The van der Waals surface area contributed by atoms with Crippen molar-refractivity contribution in [3.8, 4) is 5.75 Å². The quantitative estimate of drug-likeness (QED) is 0.175. The van der Waals surface area contributed by atoms with Crippen LogP contribution in [0.15, 0.2) is 108 Å². The van der Waals surface area contributed by atoms with Crippen molar-refractivity contribution in [2.24, 2.45) is 0 Å². The number of benzene rings is 4. The molecule has 0 bridgehead atoms. The van der Waals surface area contributed by atoms with Gasteiger partial charge in [-0.2, -0.15) is 5.01 Å². The van der Waals surface area contributed by atoms with Crippen molar-refractivity contribution < 1.29 is 19.1 Å². The molecular formula is C33H30BrN5O4. The van der Waals surface area contributed by atoms with Crippen LogP contribution in [0.25, 0.3) is 10.9 Å². The Morgan fingerprint density at radius 3 is 2.37 bits per heavy atom. The summed E-state index contributed by atoms with van der Waals surface area (Å²) in [5.74, 6) is 0.860. The maximum atomic E-state index is 13.1.